The molecule has 0 radical (unpaired) electrons. The zero-order chi connectivity index (χ0) is 23.3. The zero-order valence-corrected chi connectivity index (χ0v) is 18.5. The van der Waals surface area contributed by atoms with E-state index in [1.165, 1.54) is 18.2 Å². The summed E-state index contributed by atoms with van der Waals surface area (Å²) in [4.78, 5) is -0.242. The first kappa shape index (κ1) is 22.3. The molecule has 4 aromatic rings. The molecular weight excluding hydrogens is 440 g/mol. The van der Waals surface area contributed by atoms with E-state index in [1.54, 1.807) is 18.2 Å². The molecule has 4 rings (SSSR count). The standard InChI is InChI=1S/C24H20N4O4S/c1-2-32-19-12-10-17(11-13-19)25-27-23-14-15-24(22-9-4-3-8-21(22)23)28-26-18-6-5-7-20(16-18)33(29,30)31/h3-16H,2H2,1H3,(H,29,30,31)/b27-25+,28-26+. The van der Waals surface area contributed by atoms with Crippen molar-refractivity contribution < 1.29 is 17.7 Å². The van der Waals surface area contributed by atoms with Gasteiger partial charge in [0.2, 0.25) is 0 Å². The molecule has 0 aliphatic rings. The lowest BCUT2D eigenvalue weighted by atomic mass is 10.1. The lowest BCUT2D eigenvalue weighted by Crippen LogP contribution is -1.96. The number of fused-ring (bicyclic) bond motifs is 1. The molecule has 4 aromatic carbocycles. The first-order valence-corrected chi connectivity index (χ1v) is 11.5. The molecule has 8 nitrogen and oxygen atoms in total. The molecule has 166 valence electrons. The maximum atomic E-state index is 11.3. The van der Waals surface area contributed by atoms with Crippen molar-refractivity contribution in [2.75, 3.05) is 6.61 Å². The molecule has 0 bridgehead atoms. The highest BCUT2D eigenvalue weighted by atomic mass is 32.2. The van der Waals surface area contributed by atoms with Gasteiger partial charge in [-0.1, -0.05) is 30.3 Å². The summed E-state index contributed by atoms with van der Waals surface area (Å²) in [5.41, 5.74) is 2.26. The van der Waals surface area contributed by atoms with Crippen LogP contribution in [0.1, 0.15) is 6.92 Å². The average molecular weight is 461 g/mol. The lowest BCUT2D eigenvalue weighted by Gasteiger charge is -2.05. The fourth-order valence-electron chi connectivity index (χ4n) is 3.15. The Labute approximate surface area is 191 Å². The van der Waals surface area contributed by atoms with Gasteiger partial charge in [-0.3, -0.25) is 4.55 Å². The first-order chi connectivity index (χ1) is 15.9. The fraction of sp³-hybridized carbons (Fsp3) is 0.0833. The second kappa shape index (κ2) is 9.68. The highest BCUT2D eigenvalue weighted by Crippen LogP contribution is 2.35. The molecule has 0 aliphatic carbocycles. The Morgan fingerprint density at radius 1 is 0.727 bits per heavy atom. The molecule has 0 saturated carbocycles. The highest BCUT2D eigenvalue weighted by Gasteiger charge is 2.10. The summed E-state index contributed by atoms with van der Waals surface area (Å²) >= 11 is 0. The van der Waals surface area contributed by atoms with Gasteiger partial charge in [0.1, 0.15) is 5.75 Å². The van der Waals surface area contributed by atoms with Crippen molar-refractivity contribution in [1.29, 1.82) is 0 Å². The van der Waals surface area contributed by atoms with E-state index in [0.717, 1.165) is 16.5 Å². The third-order valence-corrected chi connectivity index (χ3v) is 5.54. The number of hydrogen-bond acceptors (Lipinski definition) is 7. The molecule has 0 fully saturated rings. The monoisotopic (exact) mass is 460 g/mol. The zero-order valence-electron chi connectivity index (χ0n) is 17.7. The van der Waals surface area contributed by atoms with Gasteiger partial charge in [-0.2, -0.15) is 18.6 Å². The lowest BCUT2D eigenvalue weighted by molar-refractivity contribution is 0.340. The summed E-state index contributed by atoms with van der Waals surface area (Å²) < 4.78 is 37.3. The number of benzene rings is 4. The Morgan fingerprint density at radius 2 is 1.33 bits per heavy atom. The van der Waals surface area contributed by atoms with E-state index in [1.807, 2.05) is 55.5 Å². The minimum absolute atomic E-state index is 0.242. The maximum absolute atomic E-state index is 11.3. The van der Waals surface area contributed by atoms with Crippen LogP contribution >= 0.6 is 0 Å². The third-order valence-electron chi connectivity index (χ3n) is 4.69. The van der Waals surface area contributed by atoms with Crippen LogP contribution in [0.4, 0.5) is 22.7 Å². The topological polar surface area (TPSA) is 113 Å². The van der Waals surface area contributed by atoms with Crippen LogP contribution in [0, 0.1) is 0 Å². The van der Waals surface area contributed by atoms with Gasteiger partial charge >= 0.3 is 0 Å². The smallest absolute Gasteiger partial charge is 0.294 e. The van der Waals surface area contributed by atoms with E-state index in [-0.39, 0.29) is 4.90 Å². The summed E-state index contributed by atoms with van der Waals surface area (Å²) in [6.07, 6.45) is 0. The summed E-state index contributed by atoms with van der Waals surface area (Å²) in [6.45, 7) is 2.53. The van der Waals surface area contributed by atoms with E-state index in [0.29, 0.717) is 29.4 Å². The third kappa shape index (κ3) is 5.46. The van der Waals surface area contributed by atoms with Crippen LogP contribution in [-0.2, 0) is 10.1 Å². The molecule has 0 atom stereocenters. The van der Waals surface area contributed by atoms with Crippen LogP contribution in [-0.4, -0.2) is 19.6 Å². The largest absolute Gasteiger partial charge is 0.494 e. The second-order valence-corrected chi connectivity index (χ2v) is 8.37. The van der Waals surface area contributed by atoms with Crippen molar-refractivity contribution in [2.24, 2.45) is 20.5 Å². The molecule has 33 heavy (non-hydrogen) atoms. The van der Waals surface area contributed by atoms with E-state index >= 15 is 0 Å². The van der Waals surface area contributed by atoms with Gasteiger partial charge in [-0.15, -0.1) is 10.2 Å². The number of rotatable bonds is 7. The summed E-state index contributed by atoms with van der Waals surface area (Å²) in [5, 5.41) is 18.8. The fourth-order valence-corrected chi connectivity index (χ4v) is 3.67. The summed E-state index contributed by atoms with van der Waals surface area (Å²) in [5.74, 6) is 0.777. The molecule has 0 amide bonds. The van der Waals surface area contributed by atoms with Crippen LogP contribution in [0.25, 0.3) is 10.8 Å². The Balaban J connectivity index is 1.63. The molecular formula is C24H20N4O4S. The maximum Gasteiger partial charge on any atom is 0.294 e. The number of azo groups is 2. The molecule has 0 spiro atoms. The predicted molar refractivity (Wildman–Crippen MR) is 126 cm³/mol. The predicted octanol–water partition coefficient (Wildman–Crippen LogP) is 7.32. The minimum atomic E-state index is -4.31. The molecule has 1 N–H and O–H groups in total. The van der Waals surface area contributed by atoms with E-state index < -0.39 is 10.1 Å². The van der Waals surface area contributed by atoms with Crippen molar-refractivity contribution in [3.63, 3.8) is 0 Å². The van der Waals surface area contributed by atoms with Crippen LogP contribution in [0.15, 0.2) is 110 Å². The van der Waals surface area contributed by atoms with Crippen molar-refractivity contribution in [3.8, 4) is 5.75 Å². The van der Waals surface area contributed by atoms with Gasteiger partial charge in [-0.25, -0.2) is 0 Å². The van der Waals surface area contributed by atoms with Gasteiger partial charge in [0.15, 0.2) is 0 Å². The number of nitrogens with zero attached hydrogens (tertiary/aromatic N) is 4. The van der Waals surface area contributed by atoms with E-state index in [4.69, 9.17) is 4.74 Å². The molecule has 0 aromatic heterocycles. The van der Waals surface area contributed by atoms with Gasteiger partial charge in [-0.05, 0) is 61.5 Å². The Bertz CT molecular complexity index is 1450. The molecule has 0 unspecified atom stereocenters. The highest BCUT2D eigenvalue weighted by molar-refractivity contribution is 7.85. The van der Waals surface area contributed by atoms with Crippen LogP contribution in [0.2, 0.25) is 0 Å². The van der Waals surface area contributed by atoms with Gasteiger partial charge in [0.25, 0.3) is 10.1 Å². The van der Waals surface area contributed by atoms with Crippen LogP contribution < -0.4 is 4.74 Å². The first-order valence-electron chi connectivity index (χ1n) is 10.1. The quantitative estimate of drug-likeness (QED) is 0.230. The number of hydrogen-bond donors (Lipinski definition) is 1. The Hall–Kier alpha value is -3.95. The average Bonchev–Trinajstić information content (AvgIpc) is 2.82. The Morgan fingerprint density at radius 3 is 1.91 bits per heavy atom. The van der Waals surface area contributed by atoms with Gasteiger partial charge < -0.3 is 4.74 Å². The molecule has 0 saturated heterocycles. The summed E-state index contributed by atoms with van der Waals surface area (Å²) in [7, 11) is -4.31. The van der Waals surface area contributed by atoms with E-state index in [9.17, 15) is 13.0 Å². The normalized spacial score (nSPS) is 12.1. The van der Waals surface area contributed by atoms with Crippen LogP contribution in [0.3, 0.4) is 0 Å². The van der Waals surface area contributed by atoms with Gasteiger partial charge in [0.05, 0.1) is 34.3 Å². The number of ether oxygens (including phenoxy) is 1. The van der Waals surface area contributed by atoms with Gasteiger partial charge in [0, 0.05) is 10.8 Å². The van der Waals surface area contributed by atoms with E-state index in [2.05, 4.69) is 20.5 Å². The Kier molecular flexibility index (Phi) is 6.53. The van der Waals surface area contributed by atoms with Crippen molar-refractivity contribution in [1.82, 2.24) is 0 Å². The molecule has 9 heteroatoms. The SMILES string of the molecule is CCOc1ccc(/N=N/c2ccc(/N=N/c3cccc(S(=O)(=O)O)c3)c3ccccc23)cc1. The van der Waals surface area contributed by atoms with Crippen molar-refractivity contribution >= 4 is 43.6 Å². The van der Waals surface area contributed by atoms with Crippen LogP contribution in [0.5, 0.6) is 5.75 Å². The van der Waals surface area contributed by atoms with Crippen molar-refractivity contribution in [3.05, 3.63) is 84.9 Å². The molecule has 0 aliphatic heterocycles. The van der Waals surface area contributed by atoms with Crippen molar-refractivity contribution in [2.45, 2.75) is 11.8 Å². The minimum Gasteiger partial charge on any atom is -0.494 e. The second-order valence-electron chi connectivity index (χ2n) is 6.95. The molecule has 0 heterocycles. The summed E-state index contributed by atoms with van der Waals surface area (Å²) in [6, 6.07) is 24.1.